The fourth-order valence-corrected chi connectivity index (χ4v) is 2.76. The van der Waals surface area contributed by atoms with Crippen LogP contribution in [-0.4, -0.2) is 4.98 Å². The summed E-state index contributed by atoms with van der Waals surface area (Å²) in [7, 11) is 0. The lowest BCUT2D eigenvalue weighted by Gasteiger charge is -2.19. The van der Waals surface area contributed by atoms with Crippen LogP contribution in [0, 0.1) is 23.1 Å². The van der Waals surface area contributed by atoms with Crippen molar-refractivity contribution in [3.8, 4) is 6.07 Å². The molecule has 2 aromatic rings. The first-order chi connectivity index (χ1) is 8.28. The third-order valence-electron chi connectivity index (χ3n) is 3.63. The molecular formula is C14H13FN2. The molecule has 86 valence electrons. The van der Waals surface area contributed by atoms with E-state index in [9.17, 15) is 4.39 Å². The van der Waals surface area contributed by atoms with E-state index in [1.807, 2.05) is 0 Å². The topological polar surface area (TPSA) is 39.6 Å². The van der Waals surface area contributed by atoms with E-state index in [0.717, 1.165) is 30.2 Å². The first kappa shape index (κ1) is 10.3. The minimum Gasteiger partial charge on any atom is -0.358 e. The van der Waals surface area contributed by atoms with Crippen LogP contribution in [0.2, 0.25) is 0 Å². The molecule has 0 radical (unpaired) electrons. The van der Waals surface area contributed by atoms with Crippen LogP contribution in [0.3, 0.4) is 0 Å². The van der Waals surface area contributed by atoms with E-state index in [1.54, 1.807) is 12.1 Å². The van der Waals surface area contributed by atoms with E-state index < -0.39 is 0 Å². The van der Waals surface area contributed by atoms with Gasteiger partial charge in [0.1, 0.15) is 5.82 Å². The van der Waals surface area contributed by atoms with Gasteiger partial charge in [-0.15, -0.1) is 0 Å². The molecule has 1 aliphatic rings. The summed E-state index contributed by atoms with van der Waals surface area (Å²) >= 11 is 0. The van der Waals surface area contributed by atoms with Crippen molar-refractivity contribution in [2.24, 2.45) is 5.92 Å². The average Bonchev–Trinajstić information content (AvgIpc) is 2.67. The molecule has 1 N–H and O–H groups in total. The van der Waals surface area contributed by atoms with Gasteiger partial charge >= 0.3 is 0 Å². The van der Waals surface area contributed by atoms with Gasteiger partial charge in [-0.2, -0.15) is 5.26 Å². The number of halogens is 1. The SMILES string of the molecule is N#CC[C@H]1CCc2[nH]c3ccc(F)cc3c2C1. The van der Waals surface area contributed by atoms with Crippen molar-refractivity contribution in [1.29, 1.82) is 5.26 Å². The van der Waals surface area contributed by atoms with Crippen molar-refractivity contribution in [3.05, 3.63) is 35.3 Å². The van der Waals surface area contributed by atoms with Crippen LogP contribution in [0.25, 0.3) is 10.9 Å². The van der Waals surface area contributed by atoms with E-state index in [2.05, 4.69) is 11.1 Å². The van der Waals surface area contributed by atoms with Gasteiger partial charge in [-0.1, -0.05) is 0 Å². The third-order valence-corrected chi connectivity index (χ3v) is 3.63. The van der Waals surface area contributed by atoms with Gasteiger partial charge in [-0.3, -0.25) is 0 Å². The van der Waals surface area contributed by atoms with Crippen molar-refractivity contribution in [3.63, 3.8) is 0 Å². The number of benzene rings is 1. The normalized spacial score (nSPS) is 18.9. The van der Waals surface area contributed by atoms with Gasteiger partial charge in [0.25, 0.3) is 0 Å². The minimum absolute atomic E-state index is 0.193. The summed E-state index contributed by atoms with van der Waals surface area (Å²) in [5, 5.41) is 9.75. The summed E-state index contributed by atoms with van der Waals surface area (Å²) in [6.07, 6.45) is 3.52. The Morgan fingerprint density at radius 1 is 1.47 bits per heavy atom. The summed E-state index contributed by atoms with van der Waals surface area (Å²) in [6.45, 7) is 0. The van der Waals surface area contributed by atoms with Crippen molar-refractivity contribution in [2.75, 3.05) is 0 Å². The van der Waals surface area contributed by atoms with Crippen LogP contribution in [0.15, 0.2) is 18.2 Å². The number of H-pyrrole nitrogens is 1. The molecular weight excluding hydrogens is 215 g/mol. The van der Waals surface area contributed by atoms with Crippen molar-refractivity contribution >= 4 is 10.9 Å². The number of nitrogens with zero attached hydrogens (tertiary/aromatic N) is 1. The molecule has 0 aliphatic heterocycles. The molecule has 0 saturated heterocycles. The molecule has 0 spiro atoms. The van der Waals surface area contributed by atoms with E-state index in [0.29, 0.717) is 12.3 Å². The first-order valence-corrected chi connectivity index (χ1v) is 5.94. The van der Waals surface area contributed by atoms with Gasteiger partial charge in [-0.25, -0.2) is 4.39 Å². The molecule has 1 heterocycles. The molecule has 3 rings (SSSR count). The monoisotopic (exact) mass is 228 g/mol. The van der Waals surface area contributed by atoms with Gasteiger partial charge in [0, 0.05) is 23.0 Å². The molecule has 2 nitrogen and oxygen atoms in total. The Morgan fingerprint density at radius 3 is 3.18 bits per heavy atom. The van der Waals surface area contributed by atoms with Crippen molar-refractivity contribution < 1.29 is 4.39 Å². The van der Waals surface area contributed by atoms with Crippen LogP contribution in [0.1, 0.15) is 24.1 Å². The summed E-state index contributed by atoms with van der Waals surface area (Å²) in [4.78, 5) is 3.36. The minimum atomic E-state index is -0.193. The Balaban J connectivity index is 2.08. The third kappa shape index (κ3) is 1.70. The zero-order valence-electron chi connectivity index (χ0n) is 9.46. The number of aromatic nitrogens is 1. The van der Waals surface area contributed by atoms with Crippen LogP contribution in [0.5, 0.6) is 0 Å². The average molecular weight is 228 g/mol. The predicted octanol–water partition coefficient (Wildman–Crippen LogP) is 3.33. The maximum absolute atomic E-state index is 13.3. The fourth-order valence-electron chi connectivity index (χ4n) is 2.76. The molecule has 0 unspecified atom stereocenters. The van der Waals surface area contributed by atoms with E-state index >= 15 is 0 Å². The smallest absolute Gasteiger partial charge is 0.123 e. The van der Waals surface area contributed by atoms with Crippen molar-refractivity contribution in [1.82, 2.24) is 4.98 Å². The first-order valence-electron chi connectivity index (χ1n) is 5.94. The fraction of sp³-hybridized carbons (Fsp3) is 0.357. The molecule has 0 saturated carbocycles. The Kier molecular flexibility index (Phi) is 2.36. The number of aryl methyl sites for hydroxylation is 1. The molecule has 0 fully saturated rings. The van der Waals surface area contributed by atoms with Gasteiger partial charge in [0.15, 0.2) is 0 Å². The molecule has 0 amide bonds. The lowest BCUT2D eigenvalue weighted by molar-refractivity contribution is 0.466. The summed E-state index contributed by atoms with van der Waals surface area (Å²) in [6, 6.07) is 7.11. The highest BCUT2D eigenvalue weighted by Crippen LogP contribution is 2.33. The number of hydrogen-bond donors (Lipinski definition) is 1. The highest BCUT2D eigenvalue weighted by molar-refractivity contribution is 5.85. The Bertz CT molecular complexity index is 606. The number of aromatic amines is 1. The van der Waals surface area contributed by atoms with Crippen LogP contribution in [-0.2, 0) is 12.8 Å². The number of nitriles is 1. The Morgan fingerprint density at radius 2 is 2.35 bits per heavy atom. The van der Waals surface area contributed by atoms with Gasteiger partial charge < -0.3 is 4.98 Å². The molecule has 0 bridgehead atoms. The molecule has 1 aromatic carbocycles. The second-order valence-electron chi connectivity index (χ2n) is 4.74. The molecule has 3 heteroatoms. The number of fused-ring (bicyclic) bond motifs is 3. The van der Waals surface area contributed by atoms with Crippen LogP contribution < -0.4 is 0 Å². The lowest BCUT2D eigenvalue weighted by Crippen LogP contribution is -2.12. The zero-order chi connectivity index (χ0) is 11.8. The molecule has 1 aliphatic carbocycles. The predicted molar refractivity (Wildman–Crippen MR) is 64.0 cm³/mol. The number of nitrogens with one attached hydrogen (secondary N) is 1. The molecule has 1 aromatic heterocycles. The van der Waals surface area contributed by atoms with E-state index in [4.69, 9.17) is 5.26 Å². The van der Waals surface area contributed by atoms with E-state index in [1.165, 1.54) is 17.3 Å². The summed E-state index contributed by atoms with van der Waals surface area (Å²) in [5.74, 6) is 0.233. The highest BCUT2D eigenvalue weighted by Gasteiger charge is 2.22. The second-order valence-corrected chi connectivity index (χ2v) is 4.74. The zero-order valence-corrected chi connectivity index (χ0v) is 9.46. The van der Waals surface area contributed by atoms with Gasteiger partial charge in [0.05, 0.1) is 6.07 Å². The van der Waals surface area contributed by atoms with Gasteiger partial charge in [-0.05, 0) is 48.9 Å². The Hall–Kier alpha value is -1.82. The molecule has 17 heavy (non-hydrogen) atoms. The summed E-state index contributed by atoms with van der Waals surface area (Å²) < 4.78 is 13.3. The largest absolute Gasteiger partial charge is 0.358 e. The van der Waals surface area contributed by atoms with E-state index in [-0.39, 0.29) is 5.82 Å². The Labute approximate surface area is 99.1 Å². The van der Waals surface area contributed by atoms with Crippen LogP contribution in [0.4, 0.5) is 4.39 Å². The number of hydrogen-bond acceptors (Lipinski definition) is 1. The second kappa shape index (κ2) is 3.89. The van der Waals surface area contributed by atoms with Crippen molar-refractivity contribution in [2.45, 2.75) is 25.7 Å². The van der Waals surface area contributed by atoms with Crippen LogP contribution >= 0.6 is 0 Å². The highest BCUT2D eigenvalue weighted by atomic mass is 19.1. The quantitative estimate of drug-likeness (QED) is 0.799. The maximum Gasteiger partial charge on any atom is 0.123 e. The number of rotatable bonds is 1. The van der Waals surface area contributed by atoms with Gasteiger partial charge in [0.2, 0.25) is 0 Å². The maximum atomic E-state index is 13.3. The molecule has 1 atom stereocenters. The lowest BCUT2D eigenvalue weighted by atomic mass is 9.85. The summed E-state index contributed by atoms with van der Waals surface area (Å²) in [5.41, 5.74) is 3.44. The standard InChI is InChI=1S/C14H13FN2/c15-10-2-4-14-12(8-10)11-7-9(5-6-16)1-3-13(11)17-14/h2,4,8-9,17H,1,3,5,7H2/t9-/m1/s1.